The molecule has 0 bridgehead atoms. The maximum Gasteiger partial charge on any atom is 0.219 e. The first-order valence-electron chi connectivity index (χ1n) is 10.9. The number of rotatable bonds is 7. The number of carbonyl (C=O) groups excluding carboxylic acids is 1. The zero-order valence-electron chi connectivity index (χ0n) is 18.9. The highest BCUT2D eigenvalue weighted by Crippen LogP contribution is 2.29. The summed E-state index contributed by atoms with van der Waals surface area (Å²) in [4.78, 5) is 26.0. The Balaban J connectivity index is 2.03. The standard InChI is InChI=1S/C24H34N4O2/c1-6-18(3)23-25-22(16-30-5)21(15-20-9-7-8-17(2)14-20)24(26-23)28-12-10-27(11-13-28)19(4)29/h7-9,14,18H,6,10-13,15-16H2,1-5H3/t18-/m1/s1. The van der Waals surface area contributed by atoms with Crippen LogP contribution in [0.2, 0.25) is 0 Å². The molecule has 0 unspecified atom stereocenters. The molecular weight excluding hydrogens is 376 g/mol. The maximum atomic E-state index is 11.8. The van der Waals surface area contributed by atoms with Gasteiger partial charge in [-0.2, -0.15) is 0 Å². The smallest absolute Gasteiger partial charge is 0.219 e. The zero-order valence-corrected chi connectivity index (χ0v) is 18.9. The summed E-state index contributed by atoms with van der Waals surface area (Å²) in [5, 5.41) is 0. The van der Waals surface area contributed by atoms with Crippen molar-refractivity contribution in [3.05, 3.63) is 52.5 Å². The molecule has 2 heterocycles. The predicted octanol–water partition coefficient (Wildman–Crippen LogP) is 3.70. The summed E-state index contributed by atoms with van der Waals surface area (Å²) in [6.07, 6.45) is 1.75. The fourth-order valence-corrected chi connectivity index (χ4v) is 3.90. The number of piperazine rings is 1. The highest BCUT2D eigenvalue weighted by Gasteiger charge is 2.25. The van der Waals surface area contributed by atoms with Crippen LogP contribution in [0.5, 0.6) is 0 Å². The van der Waals surface area contributed by atoms with Crippen LogP contribution in [0.25, 0.3) is 0 Å². The molecular formula is C24H34N4O2. The highest BCUT2D eigenvalue weighted by atomic mass is 16.5. The first-order valence-corrected chi connectivity index (χ1v) is 10.9. The van der Waals surface area contributed by atoms with Gasteiger partial charge in [-0.05, 0) is 18.9 Å². The third kappa shape index (κ3) is 5.17. The van der Waals surface area contributed by atoms with Gasteiger partial charge in [0.15, 0.2) is 0 Å². The van der Waals surface area contributed by atoms with Crippen molar-refractivity contribution in [1.29, 1.82) is 0 Å². The van der Waals surface area contributed by atoms with E-state index in [0.717, 1.165) is 61.9 Å². The number of carbonyl (C=O) groups is 1. The summed E-state index contributed by atoms with van der Waals surface area (Å²) < 4.78 is 5.53. The number of hydrogen-bond donors (Lipinski definition) is 0. The van der Waals surface area contributed by atoms with Crippen LogP contribution in [0, 0.1) is 6.92 Å². The number of aryl methyl sites for hydroxylation is 1. The van der Waals surface area contributed by atoms with Crippen molar-refractivity contribution in [3.8, 4) is 0 Å². The van der Waals surface area contributed by atoms with Crippen molar-refractivity contribution in [2.24, 2.45) is 0 Å². The fourth-order valence-electron chi connectivity index (χ4n) is 3.90. The van der Waals surface area contributed by atoms with Gasteiger partial charge >= 0.3 is 0 Å². The normalized spacial score (nSPS) is 15.4. The molecule has 0 spiro atoms. The molecule has 3 rings (SSSR count). The molecule has 0 saturated carbocycles. The second-order valence-corrected chi connectivity index (χ2v) is 8.23. The molecule has 1 aromatic carbocycles. The van der Waals surface area contributed by atoms with Crippen LogP contribution in [-0.4, -0.2) is 54.1 Å². The zero-order chi connectivity index (χ0) is 21.7. The fraction of sp³-hybridized carbons (Fsp3) is 0.542. The average Bonchev–Trinajstić information content (AvgIpc) is 2.74. The summed E-state index contributed by atoms with van der Waals surface area (Å²) in [7, 11) is 1.72. The van der Waals surface area contributed by atoms with Crippen molar-refractivity contribution in [2.75, 3.05) is 38.2 Å². The summed E-state index contributed by atoms with van der Waals surface area (Å²) in [5.74, 6) is 2.29. The predicted molar refractivity (Wildman–Crippen MR) is 120 cm³/mol. The monoisotopic (exact) mass is 410 g/mol. The van der Waals surface area contributed by atoms with Gasteiger partial charge in [-0.3, -0.25) is 4.79 Å². The van der Waals surface area contributed by atoms with E-state index in [4.69, 9.17) is 14.7 Å². The lowest BCUT2D eigenvalue weighted by Gasteiger charge is -2.36. The van der Waals surface area contributed by atoms with Gasteiger partial charge in [0.05, 0.1) is 12.3 Å². The van der Waals surface area contributed by atoms with Crippen LogP contribution < -0.4 is 4.90 Å². The lowest BCUT2D eigenvalue weighted by Crippen LogP contribution is -2.48. The SMILES string of the molecule is CC[C@@H](C)c1nc(COC)c(Cc2cccc(C)c2)c(N2CCN(C(C)=O)CC2)n1. The average molecular weight is 411 g/mol. The van der Waals surface area contributed by atoms with Gasteiger partial charge in [-0.1, -0.05) is 43.7 Å². The van der Waals surface area contributed by atoms with Gasteiger partial charge in [0.1, 0.15) is 11.6 Å². The second kappa shape index (κ2) is 10.0. The molecule has 1 fully saturated rings. The van der Waals surface area contributed by atoms with Crippen molar-refractivity contribution in [3.63, 3.8) is 0 Å². The van der Waals surface area contributed by atoms with Gasteiger partial charge in [0.2, 0.25) is 5.91 Å². The maximum absolute atomic E-state index is 11.8. The Morgan fingerprint density at radius 1 is 1.20 bits per heavy atom. The molecule has 162 valence electrons. The van der Waals surface area contributed by atoms with Crippen LogP contribution in [0.4, 0.5) is 5.82 Å². The van der Waals surface area contributed by atoms with Crippen molar-refractivity contribution < 1.29 is 9.53 Å². The molecule has 0 radical (unpaired) electrons. The van der Waals surface area contributed by atoms with Crippen LogP contribution in [0.3, 0.4) is 0 Å². The molecule has 1 aliphatic rings. The number of nitrogens with zero attached hydrogens (tertiary/aromatic N) is 4. The third-order valence-corrected chi connectivity index (χ3v) is 5.91. The summed E-state index contributed by atoms with van der Waals surface area (Å²) in [6, 6.07) is 8.59. The Bertz CT molecular complexity index is 876. The Kier molecular flexibility index (Phi) is 7.43. The van der Waals surface area contributed by atoms with E-state index in [2.05, 4.69) is 49.9 Å². The number of ether oxygens (including phenoxy) is 1. The van der Waals surface area contributed by atoms with Crippen LogP contribution in [0.1, 0.15) is 61.3 Å². The number of amides is 1. The van der Waals surface area contributed by atoms with E-state index in [1.165, 1.54) is 11.1 Å². The molecule has 1 amide bonds. The van der Waals surface area contributed by atoms with E-state index in [1.54, 1.807) is 14.0 Å². The van der Waals surface area contributed by atoms with Crippen LogP contribution in [-0.2, 0) is 22.6 Å². The van der Waals surface area contributed by atoms with Gasteiger partial charge in [0.25, 0.3) is 0 Å². The van der Waals surface area contributed by atoms with Gasteiger partial charge < -0.3 is 14.5 Å². The molecule has 30 heavy (non-hydrogen) atoms. The largest absolute Gasteiger partial charge is 0.378 e. The van der Waals surface area contributed by atoms with E-state index in [0.29, 0.717) is 6.61 Å². The molecule has 1 saturated heterocycles. The van der Waals surface area contributed by atoms with Crippen molar-refractivity contribution in [1.82, 2.24) is 14.9 Å². The van der Waals surface area contributed by atoms with Gasteiger partial charge in [-0.25, -0.2) is 9.97 Å². The van der Waals surface area contributed by atoms with E-state index in [-0.39, 0.29) is 11.8 Å². The minimum atomic E-state index is 0.137. The molecule has 1 aliphatic heterocycles. The first-order chi connectivity index (χ1) is 14.4. The number of hydrogen-bond acceptors (Lipinski definition) is 5. The number of anilines is 1. The Morgan fingerprint density at radius 2 is 1.93 bits per heavy atom. The molecule has 0 aliphatic carbocycles. The van der Waals surface area contributed by atoms with Crippen molar-refractivity contribution in [2.45, 2.75) is 53.1 Å². The Morgan fingerprint density at radius 3 is 2.53 bits per heavy atom. The third-order valence-electron chi connectivity index (χ3n) is 5.91. The van der Waals surface area contributed by atoms with E-state index < -0.39 is 0 Å². The molecule has 1 aromatic heterocycles. The van der Waals surface area contributed by atoms with Gasteiger partial charge in [-0.15, -0.1) is 0 Å². The topological polar surface area (TPSA) is 58.6 Å². The minimum Gasteiger partial charge on any atom is -0.378 e. The van der Waals surface area contributed by atoms with Crippen LogP contribution >= 0.6 is 0 Å². The molecule has 2 aromatic rings. The number of aromatic nitrogens is 2. The number of benzene rings is 1. The van der Waals surface area contributed by atoms with E-state index >= 15 is 0 Å². The summed E-state index contributed by atoms with van der Waals surface area (Å²) in [6.45, 7) is 11.6. The molecule has 1 atom stereocenters. The van der Waals surface area contributed by atoms with Crippen molar-refractivity contribution >= 4 is 11.7 Å². The molecule has 6 nitrogen and oxygen atoms in total. The quantitative estimate of drug-likeness (QED) is 0.697. The summed E-state index contributed by atoms with van der Waals surface area (Å²) in [5.41, 5.74) is 4.59. The summed E-state index contributed by atoms with van der Waals surface area (Å²) >= 11 is 0. The minimum absolute atomic E-state index is 0.137. The lowest BCUT2D eigenvalue weighted by atomic mass is 10.0. The van der Waals surface area contributed by atoms with Crippen LogP contribution in [0.15, 0.2) is 24.3 Å². The first kappa shape index (κ1) is 22.2. The Labute approximate surface area is 180 Å². The Hall–Kier alpha value is -2.47. The highest BCUT2D eigenvalue weighted by molar-refractivity contribution is 5.73. The van der Waals surface area contributed by atoms with Gasteiger partial charge in [0, 0.05) is 58.1 Å². The van der Waals surface area contributed by atoms with E-state index in [1.807, 2.05) is 4.90 Å². The molecule has 0 N–H and O–H groups in total. The second-order valence-electron chi connectivity index (χ2n) is 8.23. The lowest BCUT2D eigenvalue weighted by molar-refractivity contribution is -0.129. The molecule has 6 heteroatoms. The number of methoxy groups -OCH3 is 1. The van der Waals surface area contributed by atoms with E-state index in [9.17, 15) is 4.79 Å².